The van der Waals surface area contributed by atoms with E-state index >= 15 is 0 Å². The van der Waals surface area contributed by atoms with Gasteiger partial charge >= 0.3 is 0 Å². The lowest BCUT2D eigenvalue weighted by Crippen LogP contribution is -2.30. The summed E-state index contributed by atoms with van der Waals surface area (Å²) in [5.74, 6) is -0.902. The summed E-state index contributed by atoms with van der Waals surface area (Å²) in [6.45, 7) is -0.133. The van der Waals surface area contributed by atoms with Crippen molar-refractivity contribution in [2.24, 2.45) is 0 Å². The maximum absolute atomic E-state index is 11.6. The van der Waals surface area contributed by atoms with Crippen LogP contribution in [0.5, 0.6) is 0 Å². The third-order valence-electron chi connectivity index (χ3n) is 2.06. The van der Waals surface area contributed by atoms with E-state index in [1.54, 1.807) is 24.3 Å². The molecule has 2 rings (SSSR count). The molecule has 0 aromatic heterocycles. The number of rotatable bonds is 3. The lowest BCUT2D eigenvalue weighted by molar-refractivity contribution is -0.159. The van der Waals surface area contributed by atoms with Gasteiger partial charge in [-0.25, -0.2) is 4.84 Å². The van der Waals surface area contributed by atoms with Gasteiger partial charge in [0.2, 0.25) is 0 Å². The Kier molecular flexibility index (Phi) is 2.49. The zero-order valence-electron chi connectivity index (χ0n) is 8.10. The first-order chi connectivity index (χ1) is 7.25. The zero-order valence-corrected chi connectivity index (χ0v) is 8.10. The number of ether oxygens (including phenoxy) is 1. The molecule has 0 radical (unpaired) electrons. The monoisotopic (exact) mass is 207 g/mol. The Labute approximate surface area is 86.1 Å². The van der Waals surface area contributed by atoms with Crippen LogP contribution < -0.4 is 0 Å². The highest BCUT2D eigenvalue weighted by atomic mass is 16.8. The topological polar surface area (TPSA) is 55.8 Å². The largest absolute Gasteiger partial charge is 0.356 e. The summed E-state index contributed by atoms with van der Waals surface area (Å²) in [5.41, 5.74) is 0.720. The predicted molar refractivity (Wildman–Crippen MR) is 49.9 cm³/mol. The van der Waals surface area contributed by atoms with E-state index in [0.29, 0.717) is 16.2 Å². The van der Waals surface area contributed by atoms with Crippen LogP contribution >= 0.6 is 0 Å². The summed E-state index contributed by atoms with van der Waals surface area (Å²) in [6, 6.07) is 6.57. The van der Waals surface area contributed by atoms with Crippen molar-refractivity contribution < 1.29 is 19.2 Å². The molecule has 5 nitrogen and oxygen atoms in total. The van der Waals surface area contributed by atoms with E-state index in [9.17, 15) is 9.59 Å². The first-order valence-electron chi connectivity index (χ1n) is 4.35. The molecule has 0 atom stereocenters. The predicted octanol–water partition coefficient (Wildman–Crippen LogP) is 0.818. The molecule has 1 aliphatic rings. The number of fused-ring (bicyclic) bond motifs is 1. The molecule has 0 unspecified atom stereocenters. The zero-order chi connectivity index (χ0) is 10.8. The van der Waals surface area contributed by atoms with Crippen molar-refractivity contribution in [3.63, 3.8) is 0 Å². The molecule has 1 aromatic rings. The SMILES string of the molecule is COCON1C(=O)c2ccccc2C1=O. The van der Waals surface area contributed by atoms with Crippen molar-refractivity contribution in [1.82, 2.24) is 5.06 Å². The average Bonchev–Trinajstić information content (AvgIpc) is 2.51. The van der Waals surface area contributed by atoms with Gasteiger partial charge in [-0.05, 0) is 12.1 Å². The van der Waals surface area contributed by atoms with Gasteiger partial charge in [0.25, 0.3) is 11.8 Å². The molecule has 0 aliphatic carbocycles. The van der Waals surface area contributed by atoms with Gasteiger partial charge in [-0.3, -0.25) is 9.59 Å². The van der Waals surface area contributed by atoms with Crippen LogP contribution in [0.4, 0.5) is 0 Å². The van der Waals surface area contributed by atoms with Gasteiger partial charge < -0.3 is 4.74 Å². The molecule has 0 N–H and O–H groups in total. The van der Waals surface area contributed by atoms with Crippen molar-refractivity contribution in [2.75, 3.05) is 13.9 Å². The number of hydroxylamine groups is 2. The quantitative estimate of drug-likeness (QED) is 0.544. The second-order valence-electron chi connectivity index (χ2n) is 2.99. The van der Waals surface area contributed by atoms with Crippen LogP contribution in [0.1, 0.15) is 20.7 Å². The standard InChI is InChI=1S/C10H9NO4/c1-14-6-15-11-9(12)7-4-2-3-5-8(7)10(11)13/h2-5H,6H2,1H3. The van der Waals surface area contributed by atoms with E-state index in [-0.39, 0.29) is 6.79 Å². The van der Waals surface area contributed by atoms with Gasteiger partial charge in [-0.2, -0.15) is 0 Å². The summed E-state index contributed by atoms with van der Waals surface area (Å²) in [5, 5.41) is 0.716. The lowest BCUT2D eigenvalue weighted by atomic mass is 10.1. The number of methoxy groups -OCH3 is 1. The normalized spacial score (nSPS) is 14.6. The molecule has 78 valence electrons. The second kappa shape index (κ2) is 3.80. The smallest absolute Gasteiger partial charge is 0.285 e. The number of hydrogen-bond donors (Lipinski definition) is 0. The first kappa shape index (κ1) is 9.82. The highest BCUT2D eigenvalue weighted by Gasteiger charge is 2.36. The van der Waals surface area contributed by atoms with Crippen LogP contribution in [0.15, 0.2) is 24.3 Å². The van der Waals surface area contributed by atoms with E-state index in [4.69, 9.17) is 4.84 Å². The van der Waals surface area contributed by atoms with Crippen molar-refractivity contribution >= 4 is 11.8 Å². The van der Waals surface area contributed by atoms with Gasteiger partial charge in [0.15, 0.2) is 6.79 Å². The first-order valence-corrected chi connectivity index (χ1v) is 4.35. The van der Waals surface area contributed by atoms with Gasteiger partial charge in [0, 0.05) is 7.11 Å². The fraction of sp³-hybridized carbons (Fsp3) is 0.200. The molecule has 2 amide bonds. The third-order valence-corrected chi connectivity index (χ3v) is 2.06. The maximum Gasteiger partial charge on any atom is 0.285 e. The fourth-order valence-electron chi connectivity index (χ4n) is 1.39. The second-order valence-corrected chi connectivity index (χ2v) is 2.99. The minimum Gasteiger partial charge on any atom is -0.356 e. The van der Waals surface area contributed by atoms with Gasteiger partial charge in [-0.1, -0.05) is 12.1 Å². The van der Waals surface area contributed by atoms with E-state index in [2.05, 4.69) is 4.74 Å². The number of carbonyl (C=O) groups excluding carboxylic acids is 2. The van der Waals surface area contributed by atoms with Crippen LogP contribution in [0.2, 0.25) is 0 Å². The minimum absolute atomic E-state index is 0.133. The van der Waals surface area contributed by atoms with Crippen LogP contribution in [-0.2, 0) is 9.57 Å². The number of nitrogens with zero attached hydrogens (tertiary/aromatic N) is 1. The molecule has 0 saturated heterocycles. The highest BCUT2D eigenvalue weighted by Crippen LogP contribution is 2.22. The Morgan fingerprint density at radius 3 is 2.13 bits per heavy atom. The van der Waals surface area contributed by atoms with E-state index in [1.807, 2.05) is 0 Å². The Hall–Kier alpha value is -1.72. The molecular formula is C10H9NO4. The number of carbonyl (C=O) groups is 2. The number of amides is 2. The molecular weight excluding hydrogens is 198 g/mol. The molecule has 5 heteroatoms. The lowest BCUT2D eigenvalue weighted by Gasteiger charge is -2.11. The average molecular weight is 207 g/mol. The third kappa shape index (κ3) is 1.51. The van der Waals surface area contributed by atoms with Crippen molar-refractivity contribution in [2.45, 2.75) is 0 Å². The molecule has 0 bridgehead atoms. The Bertz CT molecular complexity index is 381. The number of hydrogen-bond acceptors (Lipinski definition) is 4. The Morgan fingerprint density at radius 2 is 1.67 bits per heavy atom. The van der Waals surface area contributed by atoms with Crippen LogP contribution in [0.25, 0.3) is 0 Å². The van der Waals surface area contributed by atoms with Gasteiger partial charge in [0.1, 0.15) is 0 Å². The molecule has 1 aliphatic heterocycles. The minimum atomic E-state index is -0.451. The van der Waals surface area contributed by atoms with Crippen LogP contribution in [-0.4, -0.2) is 30.8 Å². The highest BCUT2D eigenvalue weighted by molar-refractivity contribution is 6.20. The molecule has 0 spiro atoms. The molecule has 15 heavy (non-hydrogen) atoms. The van der Waals surface area contributed by atoms with E-state index in [1.165, 1.54) is 7.11 Å². The molecule has 1 aromatic carbocycles. The molecule has 0 fully saturated rings. The fourth-order valence-corrected chi connectivity index (χ4v) is 1.39. The summed E-state index contributed by atoms with van der Waals surface area (Å²) in [7, 11) is 1.41. The van der Waals surface area contributed by atoms with Gasteiger partial charge in [-0.15, -0.1) is 5.06 Å². The summed E-state index contributed by atoms with van der Waals surface area (Å²) in [6.07, 6.45) is 0. The van der Waals surface area contributed by atoms with E-state index < -0.39 is 11.8 Å². The summed E-state index contributed by atoms with van der Waals surface area (Å²) in [4.78, 5) is 28.1. The molecule has 0 saturated carbocycles. The van der Waals surface area contributed by atoms with Gasteiger partial charge in [0.05, 0.1) is 11.1 Å². The van der Waals surface area contributed by atoms with E-state index in [0.717, 1.165) is 0 Å². The summed E-state index contributed by atoms with van der Waals surface area (Å²) < 4.78 is 4.63. The Balaban J connectivity index is 2.29. The number of imide groups is 1. The van der Waals surface area contributed by atoms with Crippen molar-refractivity contribution in [1.29, 1.82) is 0 Å². The number of benzene rings is 1. The summed E-state index contributed by atoms with van der Waals surface area (Å²) >= 11 is 0. The Morgan fingerprint density at radius 1 is 1.13 bits per heavy atom. The van der Waals surface area contributed by atoms with Crippen molar-refractivity contribution in [3.05, 3.63) is 35.4 Å². The maximum atomic E-state index is 11.6. The molecule has 1 heterocycles. The van der Waals surface area contributed by atoms with Crippen LogP contribution in [0, 0.1) is 0 Å². The van der Waals surface area contributed by atoms with Crippen LogP contribution in [0.3, 0.4) is 0 Å². The van der Waals surface area contributed by atoms with Crippen molar-refractivity contribution in [3.8, 4) is 0 Å².